The molecule has 2 nitrogen and oxygen atoms in total. The van der Waals surface area contributed by atoms with Gasteiger partial charge < -0.3 is 0 Å². The topological polar surface area (TPSA) is 34.1 Å². The molecule has 1 saturated carbocycles. The van der Waals surface area contributed by atoms with Crippen LogP contribution in [0.3, 0.4) is 0 Å². The van der Waals surface area contributed by atoms with Crippen molar-refractivity contribution in [1.29, 1.82) is 0 Å². The minimum Gasteiger partial charge on any atom is -0.212 e. The van der Waals surface area contributed by atoms with Gasteiger partial charge in [0.05, 0.1) is 4.75 Å². The van der Waals surface area contributed by atoms with Gasteiger partial charge in [-0.2, -0.15) is 0 Å². The second-order valence-electron chi connectivity index (χ2n) is 3.93. The number of benzene rings is 1. The van der Waals surface area contributed by atoms with Crippen molar-refractivity contribution >= 4 is 19.7 Å². The van der Waals surface area contributed by atoms with Crippen molar-refractivity contribution < 1.29 is 12.8 Å². The maximum Gasteiger partial charge on any atom is 0.238 e. The first-order valence-corrected chi connectivity index (χ1v) is 6.93. The highest BCUT2D eigenvalue weighted by Gasteiger charge is 2.53. The lowest BCUT2D eigenvalue weighted by molar-refractivity contribution is 0.588. The zero-order valence-corrected chi connectivity index (χ0v) is 9.48. The van der Waals surface area contributed by atoms with E-state index in [0.29, 0.717) is 24.8 Å². The summed E-state index contributed by atoms with van der Waals surface area (Å²) in [6.07, 6.45) is 1.43. The normalized spacial score (nSPS) is 18.8. The minimum atomic E-state index is -3.55. The first-order valence-electron chi connectivity index (χ1n) is 4.62. The molecule has 0 aromatic heterocycles. The van der Waals surface area contributed by atoms with E-state index >= 15 is 0 Å². The second kappa shape index (κ2) is 3.46. The van der Waals surface area contributed by atoms with E-state index in [9.17, 15) is 12.8 Å². The summed E-state index contributed by atoms with van der Waals surface area (Å²) in [7, 11) is 1.80. The van der Waals surface area contributed by atoms with Crippen LogP contribution in [-0.4, -0.2) is 13.2 Å². The molecule has 1 aromatic carbocycles. The van der Waals surface area contributed by atoms with Gasteiger partial charge in [0.2, 0.25) is 9.05 Å². The molecule has 0 aliphatic heterocycles. The predicted molar refractivity (Wildman–Crippen MR) is 56.8 cm³/mol. The molecule has 1 aliphatic carbocycles. The quantitative estimate of drug-likeness (QED) is 0.770. The lowest BCUT2D eigenvalue weighted by atomic mass is 10.1. The Balaban J connectivity index is 2.24. The van der Waals surface area contributed by atoms with Crippen molar-refractivity contribution in [2.75, 3.05) is 0 Å². The molecule has 0 bridgehead atoms. The van der Waals surface area contributed by atoms with Gasteiger partial charge in [-0.25, -0.2) is 12.8 Å². The zero-order chi connectivity index (χ0) is 11.1. The van der Waals surface area contributed by atoms with Crippen molar-refractivity contribution in [3.63, 3.8) is 0 Å². The molecule has 0 radical (unpaired) electrons. The third kappa shape index (κ3) is 2.16. The van der Waals surface area contributed by atoms with Crippen LogP contribution in [0.4, 0.5) is 4.39 Å². The molecule has 0 amide bonds. The molecule has 15 heavy (non-hydrogen) atoms. The Morgan fingerprint density at radius 2 is 2.07 bits per heavy atom. The smallest absolute Gasteiger partial charge is 0.212 e. The van der Waals surface area contributed by atoms with Gasteiger partial charge >= 0.3 is 0 Å². The maximum absolute atomic E-state index is 12.9. The van der Waals surface area contributed by atoms with Crippen LogP contribution in [0.1, 0.15) is 18.4 Å². The lowest BCUT2D eigenvalue weighted by Gasteiger charge is -2.10. The van der Waals surface area contributed by atoms with E-state index in [1.165, 1.54) is 12.1 Å². The molecule has 0 N–H and O–H groups in total. The summed E-state index contributed by atoms with van der Waals surface area (Å²) in [4.78, 5) is 0. The van der Waals surface area contributed by atoms with Gasteiger partial charge in [0.15, 0.2) is 0 Å². The van der Waals surface area contributed by atoms with Gasteiger partial charge in [-0.3, -0.25) is 0 Å². The van der Waals surface area contributed by atoms with Crippen LogP contribution in [0.5, 0.6) is 0 Å². The minimum absolute atomic E-state index is 0.302. The van der Waals surface area contributed by atoms with Gasteiger partial charge in [0.1, 0.15) is 5.82 Å². The average Bonchev–Trinajstić information content (AvgIpc) is 2.84. The molecular weight excluding hydrogens is 239 g/mol. The predicted octanol–water partition coefficient (Wildman–Crippen LogP) is 2.47. The summed E-state index contributed by atoms with van der Waals surface area (Å²) in [5, 5.41) is 0. The third-order valence-corrected chi connectivity index (χ3v) is 5.31. The second-order valence-corrected chi connectivity index (χ2v) is 6.89. The number of rotatable bonds is 3. The molecule has 82 valence electrons. The third-order valence-electron chi connectivity index (χ3n) is 2.74. The molecule has 1 aromatic rings. The Hall–Kier alpha value is -0.610. The first kappa shape index (κ1) is 10.9. The highest BCUT2D eigenvalue weighted by Crippen LogP contribution is 2.48. The highest BCUT2D eigenvalue weighted by molar-refractivity contribution is 8.15. The number of hydrogen-bond donors (Lipinski definition) is 0. The fourth-order valence-electron chi connectivity index (χ4n) is 1.67. The van der Waals surface area contributed by atoms with Crippen LogP contribution in [0, 0.1) is 5.82 Å². The van der Waals surface area contributed by atoms with E-state index < -0.39 is 13.8 Å². The molecule has 1 fully saturated rings. The summed E-state index contributed by atoms with van der Waals surface area (Å²) < 4.78 is 34.6. The van der Waals surface area contributed by atoms with Crippen molar-refractivity contribution in [3.8, 4) is 0 Å². The van der Waals surface area contributed by atoms with E-state index in [1.54, 1.807) is 12.1 Å². The van der Waals surface area contributed by atoms with Gasteiger partial charge in [-0.1, -0.05) is 12.1 Å². The van der Waals surface area contributed by atoms with Gasteiger partial charge in [0.25, 0.3) is 0 Å². The van der Waals surface area contributed by atoms with Gasteiger partial charge in [-0.15, -0.1) is 0 Å². The number of halogens is 2. The number of hydrogen-bond acceptors (Lipinski definition) is 2. The Morgan fingerprint density at radius 3 is 2.53 bits per heavy atom. The Labute approximate surface area is 92.5 Å². The lowest BCUT2D eigenvalue weighted by Crippen LogP contribution is -2.20. The van der Waals surface area contributed by atoms with E-state index in [-0.39, 0.29) is 5.82 Å². The van der Waals surface area contributed by atoms with Crippen molar-refractivity contribution in [1.82, 2.24) is 0 Å². The van der Waals surface area contributed by atoms with Crippen LogP contribution in [0.25, 0.3) is 0 Å². The summed E-state index contributed by atoms with van der Waals surface area (Å²) in [5.74, 6) is -0.352. The fourth-order valence-corrected chi connectivity index (χ4v) is 3.22. The molecule has 0 spiro atoms. The van der Waals surface area contributed by atoms with Crippen LogP contribution >= 0.6 is 10.7 Å². The first-order chi connectivity index (χ1) is 6.93. The molecule has 5 heteroatoms. The SMILES string of the molecule is O=S(=O)(Cl)C1(Cc2cccc(F)c2)CC1. The summed E-state index contributed by atoms with van der Waals surface area (Å²) in [6, 6.07) is 5.97. The molecule has 0 heterocycles. The van der Waals surface area contributed by atoms with E-state index in [2.05, 4.69) is 0 Å². The molecule has 0 saturated heterocycles. The summed E-state index contributed by atoms with van der Waals surface area (Å²) in [6.45, 7) is 0. The van der Waals surface area contributed by atoms with Gasteiger partial charge in [0, 0.05) is 10.7 Å². The Kier molecular flexibility index (Phi) is 2.51. The zero-order valence-electron chi connectivity index (χ0n) is 7.91. The van der Waals surface area contributed by atoms with Crippen molar-refractivity contribution in [2.24, 2.45) is 0 Å². The average molecular weight is 249 g/mol. The van der Waals surface area contributed by atoms with Crippen LogP contribution in [-0.2, 0) is 15.5 Å². The van der Waals surface area contributed by atoms with E-state index in [4.69, 9.17) is 10.7 Å². The molecule has 2 rings (SSSR count). The van der Waals surface area contributed by atoms with Crippen molar-refractivity contribution in [2.45, 2.75) is 24.0 Å². The van der Waals surface area contributed by atoms with E-state index in [1.807, 2.05) is 0 Å². The highest BCUT2D eigenvalue weighted by atomic mass is 35.7. The molecule has 1 aliphatic rings. The molecule has 0 unspecified atom stereocenters. The van der Waals surface area contributed by atoms with Gasteiger partial charge in [-0.05, 0) is 37.0 Å². The maximum atomic E-state index is 12.9. The van der Waals surface area contributed by atoms with E-state index in [0.717, 1.165) is 0 Å². The molecule has 0 atom stereocenters. The fraction of sp³-hybridized carbons (Fsp3) is 0.400. The monoisotopic (exact) mass is 248 g/mol. The van der Waals surface area contributed by atoms with Crippen LogP contribution < -0.4 is 0 Å². The summed E-state index contributed by atoms with van der Waals surface area (Å²) in [5.41, 5.74) is 0.678. The summed E-state index contributed by atoms with van der Waals surface area (Å²) >= 11 is 0. The Morgan fingerprint density at radius 1 is 1.40 bits per heavy atom. The molecular formula is C10H10ClFO2S. The Bertz CT molecular complexity index is 480. The van der Waals surface area contributed by atoms with Crippen molar-refractivity contribution in [3.05, 3.63) is 35.6 Å². The standard InChI is InChI=1S/C10H10ClFO2S/c11-15(13,14)10(4-5-10)7-8-2-1-3-9(12)6-8/h1-3,6H,4-5,7H2. The largest absolute Gasteiger partial charge is 0.238 e. The van der Waals surface area contributed by atoms with Crippen LogP contribution in [0.2, 0.25) is 0 Å². The van der Waals surface area contributed by atoms with Crippen LogP contribution in [0.15, 0.2) is 24.3 Å².